The molecular formula is C18H28N2O2. The van der Waals surface area contributed by atoms with Gasteiger partial charge < -0.3 is 15.4 Å². The van der Waals surface area contributed by atoms with E-state index in [9.17, 15) is 4.79 Å². The summed E-state index contributed by atoms with van der Waals surface area (Å²) in [7, 11) is 1.67. The number of carbonyl (C=O) groups is 1. The Balaban J connectivity index is 2.06. The van der Waals surface area contributed by atoms with Crippen LogP contribution in [0, 0.1) is 5.41 Å². The van der Waals surface area contributed by atoms with Gasteiger partial charge in [0.2, 0.25) is 5.91 Å². The van der Waals surface area contributed by atoms with E-state index in [2.05, 4.69) is 26.0 Å². The molecule has 0 aromatic heterocycles. The molecule has 122 valence electrons. The molecule has 22 heavy (non-hydrogen) atoms. The summed E-state index contributed by atoms with van der Waals surface area (Å²) in [6.07, 6.45) is 2.64. The number of amides is 1. The fraction of sp³-hybridized carbons (Fsp3) is 0.611. The fourth-order valence-electron chi connectivity index (χ4n) is 3.36. The van der Waals surface area contributed by atoms with E-state index in [1.54, 1.807) is 7.11 Å². The molecule has 1 atom stereocenters. The van der Waals surface area contributed by atoms with Gasteiger partial charge in [-0.05, 0) is 37.0 Å². The molecule has 1 fully saturated rings. The molecule has 4 heteroatoms. The first kappa shape index (κ1) is 16.8. The summed E-state index contributed by atoms with van der Waals surface area (Å²) in [5.74, 6) is 1.52. The third-order valence-electron chi connectivity index (χ3n) is 5.26. The Kier molecular flexibility index (Phi) is 5.46. The minimum absolute atomic E-state index is 0.232. The summed E-state index contributed by atoms with van der Waals surface area (Å²) in [6, 6.07) is 8.19. The highest BCUT2D eigenvalue weighted by molar-refractivity contribution is 5.83. The number of hydrogen-bond donors (Lipinski definition) is 1. The van der Waals surface area contributed by atoms with E-state index in [4.69, 9.17) is 10.5 Å². The molecule has 1 aliphatic rings. The van der Waals surface area contributed by atoms with Crippen molar-refractivity contribution >= 4 is 5.91 Å². The minimum Gasteiger partial charge on any atom is -0.497 e. The third-order valence-corrected chi connectivity index (χ3v) is 5.26. The zero-order valence-corrected chi connectivity index (χ0v) is 14.0. The average molecular weight is 304 g/mol. The average Bonchev–Trinajstić information content (AvgIpc) is 3.07. The predicted molar refractivity (Wildman–Crippen MR) is 89.0 cm³/mol. The first-order valence-electron chi connectivity index (χ1n) is 8.23. The molecule has 1 aliphatic heterocycles. The summed E-state index contributed by atoms with van der Waals surface area (Å²) < 4.78 is 5.20. The SMILES string of the molecule is CCC(CC)(CN)C(=O)N1CCC(c2ccc(OC)cc2)C1. The van der Waals surface area contributed by atoms with E-state index in [-0.39, 0.29) is 11.3 Å². The van der Waals surface area contributed by atoms with Crippen LogP contribution < -0.4 is 10.5 Å². The van der Waals surface area contributed by atoms with Gasteiger partial charge in [0.05, 0.1) is 12.5 Å². The van der Waals surface area contributed by atoms with Gasteiger partial charge in [-0.3, -0.25) is 4.79 Å². The van der Waals surface area contributed by atoms with Crippen molar-refractivity contribution in [1.82, 2.24) is 4.90 Å². The number of rotatable bonds is 6. The van der Waals surface area contributed by atoms with Crippen molar-refractivity contribution in [3.05, 3.63) is 29.8 Å². The Bertz CT molecular complexity index is 486. The molecule has 2 rings (SSSR count). The lowest BCUT2D eigenvalue weighted by Gasteiger charge is -2.33. The van der Waals surface area contributed by atoms with Crippen LogP contribution in [0.15, 0.2) is 24.3 Å². The Morgan fingerprint density at radius 3 is 2.45 bits per heavy atom. The van der Waals surface area contributed by atoms with Crippen LogP contribution in [0.1, 0.15) is 44.6 Å². The lowest BCUT2D eigenvalue weighted by Crippen LogP contribution is -2.46. The largest absolute Gasteiger partial charge is 0.497 e. The van der Waals surface area contributed by atoms with Gasteiger partial charge in [0.1, 0.15) is 5.75 Å². The van der Waals surface area contributed by atoms with E-state index in [0.717, 1.165) is 38.1 Å². The number of hydrogen-bond acceptors (Lipinski definition) is 3. The van der Waals surface area contributed by atoms with E-state index in [0.29, 0.717) is 12.5 Å². The van der Waals surface area contributed by atoms with Crippen LogP contribution in [0.4, 0.5) is 0 Å². The summed E-state index contributed by atoms with van der Waals surface area (Å²) in [5.41, 5.74) is 6.81. The molecule has 0 aliphatic carbocycles. The van der Waals surface area contributed by atoms with Gasteiger partial charge in [0, 0.05) is 25.6 Å². The molecule has 0 radical (unpaired) electrons. The normalized spacial score (nSPS) is 18.5. The van der Waals surface area contributed by atoms with Gasteiger partial charge in [-0.15, -0.1) is 0 Å². The van der Waals surface area contributed by atoms with Crippen molar-refractivity contribution in [2.75, 3.05) is 26.7 Å². The lowest BCUT2D eigenvalue weighted by atomic mass is 9.81. The van der Waals surface area contributed by atoms with Crippen molar-refractivity contribution in [3.63, 3.8) is 0 Å². The zero-order chi connectivity index (χ0) is 16.2. The Morgan fingerprint density at radius 2 is 1.95 bits per heavy atom. The van der Waals surface area contributed by atoms with Gasteiger partial charge in [0.15, 0.2) is 0 Å². The van der Waals surface area contributed by atoms with Crippen molar-refractivity contribution in [2.45, 2.75) is 39.0 Å². The number of likely N-dealkylation sites (tertiary alicyclic amines) is 1. The molecule has 4 nitrogen and oxygen atoms in total. The lowest BCUT2D eigenvalue weighted by molar-refractivity contribution is -0.141. The molecule has 2 N–H and O–H groups in total. The molecule has 0 saturated carbocycles. The van der Waals surface area contributed by atoms with E-state index in [1.165, 1.54) is 5.56 Å². The predicted octanol–water partition coefficient (Wildman–Crippen LogP) is 2.78. The van der Waals surface area contributed by atoms with Gasteiger partial charge in [-0.2, -0.15) is 0 Å². The molecule has 1 aromatic carbocycles. The number of methoxy groups -OCH3 is 1. The van der Waals surface area contributed by atoms with Gasteiger partial charge in [0.25, 0.3) is 0 Å². The summed E-state index contributed by atoms with van der Waals surface area (Å²) >= 11 is 0. The third kappa shape index (κ3) is 3.12. The van der Waals surface area contributed by atoms with Crippen LogP contribution in [0.25, 0.3) is 0 Å². The second kappa shape index (κ2) is 7.14. The van der Waals surface area contributed by atoms with E-state index in [1.807, 2.05) is 17.0 Å². The quantitative estimate of drug-likeness (QED) is 0.879. The number of nitrogens with two attached hydrogens (primary N) is 1. The zero-order valence-electron chi connectivity index (χ0n) is 14.0. The smallest absolute Gasteiger partial charge is 0.230 e. The van der Waals surface area contributed by atoms with Crippen LogP contribution >= 0.6 is 0 Å². The molecule has 0 spiro atoms. The second-order valence-electron chi connectivity index (χ2n) is 6.20. The van der Waals surface area contributed by atoms with Gasteiger partial charge in [-0.1, -0.05) is 26.0 Å². The van der Waals surface area contributed by atoms with E-state index < -0.39 is 0 Å². The Hall–Kier alpha value is -1.55. The molecule has 1 heterocycles. The van der Waals surface area contributed by atoms with Crippen LogP contribution in [-0.2, 0) is 4.79 Å². The number of ether oxygens (including phenoxy) is 1. The minimum atomic E-state index is -0.380. The van der Waals surface area contributed by atoms with Crippen molar-refractivity contribution in [2.24, 2.45) is 11.1 Å². The van der Waals surface area contributed by atoms with Gasteiger partial charge >= 0.3 is 0 Å². The van der Waals surface area contributed by atoms with Crippen molar-refractivity contribution < 1.29 is 9.53 Å². The second-order valence-corrected chi connectivity index (χ2v) is 6.20. The maximum absolute atomic E-state index is 12.9. The Morgan fingerprint density at radius 1 is 1.32 bits per heavy atom. The summed E-state index contributed by atoms with van der Waals surface area (Å²) in [4.78, 5) is 14.9. The summed E-state index contributed by atoms with van der Waals surface area (Å²) in [5, 5.41) is 0. The summed E-state index contributed by atoms with van der Waals surface area (Å²) in [6.45, 7) is 6.18. The molecule has 1 unspecified atom stereocenters. The number of nitrogens with zero attached hydrogens (tertiary/aromatic N) is 1. The van der Waals surface area contributed by atoms with Crippen LogP contribution in [0.3, 0.4) is 0 Å². The molecule has 0 bridgehead atoms. The van der Waals surface area contributed by atoms with Crippen LogP contribution in [-0.4, -0.2) is 37.6 Å². The van der Waals surface area contributed by atoms with Crippen LogP contribution in [0.5, 0.6) is 5.75 Å². The fourth-order valence-corrected chi connectivity index (χ4v) is 3.36. The van der Waals surface area contributed by atoms with Crippen molar-refractivity contribution in [1.29, 1.82) is 0 Å². The monoisotopic (exact) mass is 304 g/mol. The van der Waals surface area contributed by atoms with Crippen LogP contribution in [0.2, 0.25) is 0 Å². The topological polar surface area (TPSA) is 55.6 Å². The highest BCUT2D eigenvalue weighted by atomic mass is 16.5. The van der Waals surface area contributed by atoms with E-state index >= 15 is 0 Å². The maximum Gasteiger partial charge on any atom is 0.230 e. The van der Waals surface area contributed by atoms with Gasteiger partial charge in [-0.25, -0.2) is 0 Å². The highest BCUT2D eigenvalue weighted by Gasteiger charge is 2.39. The molecule has 1 saturated heterocycles. The Labute approximate surface area is 133 Å². The first-order chi connectivity index (χ1) is 10.6. The number of carbonyl (C=O) groups excluding carboxylic acids is 1. The molecular weight excluding hydrogens is 276 g/mol. The standard InChI is InChI=1S/C18H28N2O2/c1-4-18(5-2,13-19)17(21)20-11-10-15(12-20)14-6-8-16(22-3)9-7-14/h6-9,15H,4-5,10-13,19H2,1-3H3. The molecule has 1 aromatic rings. The highest BCUT2D eigenvalue weighted by Crippen LogP contribution is 2.34. The number of benzene rings is 1. The first-order valence-corrected chi connectivity index (χ1v) is 8.23. The van der Waals surface area contributed by atoms with Crippen molar-refractivity contribution in [3.8, 4) is 5.75 Å². The maximum atomic E-state index is 12.9. The molecule has 1 amide bonds.